The minimum atomic E-state index is 0.278. The van der Waals surface area contributed by atoms with E-state index in [1.165, 1.54) is 0 Å². The fourth-order valence-corrected chi connectivity index (χ4v) is 1.63. The highest BCUT2D eigenvalue weighted by molar-refractivity contribution is 5.79. The summed E-state index contributed by atoms with van der Waals surface area (Å²) in [5.41, 5.74) is 0.809. The van der Waals surface area contributed by atoms with Gasteiger partial charge in [0.1, 0.15) is 11.5 Å². The lowest BCUT2D eigenvalue weighted by atomic mass is 10.3. The second-order valence-corrected chi connectivity index (χ2v) is 3.74. The largest absolute Gasteiger partial charge is 0.460 e. The highest BCUT2D eigenvalue weighted by atomic mass is 16.7. The predicted molar refractivity (Wildman–Crippen MR) is 63.3 cm³/mol. The van der Waals surface area contributed by atoms with Crippen LogP contribution in [0.25, 0.3) is 0 Å². The summed E-state index contributed by atoms with van der Waals surface area (Å²) >= 11 is 0. The number of aryl methyl sites for hydroxylation is 1. The second kappa shape index (κ2) is 3.97. The van der Waals surface area contributed by atoms with Crippen molar-refractivity contribution in [1.29, 1.82) is 0 Å². The Kier molecular flexibility index (Phi) is 2.33. The summed E-state index contributed by atoms with van der Waals surface area (Å²) < 4.78 is 15.9. The van der Waals surface area contributed by atoms with Gasteiger partial charge >= 0.3 is 0 Å². The first-order valence-corrected chi connectivity index (χ1v) is 5.31. The van der Waals surface area contributed by atoms with Crippen molar-refractivity contribution in [3.05, 3.63) is 41.9 Å². The Labute approximate surface area is 98.5 Å². The summed E-state index contributed by atoms with van der Waals surface area (Å²) in [6.45, 7) is 2.18. The standard InChI is InChI=1S/C13H11NO3/c1-9-2-4-11(17-9)7-14-10-3-5-12-13(6-10)16-8-15-12/h2-7H,8H2,1H3. The zero-order chi connectivity index (χ0) is 11.7. The minimum absolute atomic E-state index is 0.278. The molecule has 4 nitrogen and oxygen atoms in total. The van der Waals surface area contributed by atoms with Gasteiger partial charge in [0.2, 0.25) is 6.79 Å². The maximum absolute atomic E-state index is 5.39. The Morgan fingerprint density at radius 1 is 1.12 bits per heavy atom. The van der Waals surface area contributed by atoms with E-state index in [9.17, 15) is 0 Å². The van der Waals surface area contributed by atoms with Crippen molar-refractivity contribution in [2.75, 3.05) is 6.79 Å². The molecule has 0 spiro atoms. The van der Waals surface area contributed by atoms with Crippen LogP contribution in [0.3, 0.4) is 0 Å². The molecule has 0 fully saturated rings. The van der Waals surface area contributed by atoms with Crippen LogP contribution >= 0.6 is 0 Å². The van der Waals surface area contributed by atoms with Crippen LogP contribution < -0.4 is 9.47 Å². The molecule has 17 heavy (non-hydrogen) atoms. The average Bonchev–Trinajstić information content (AvgIpc) is 2.94. The van der Waals surface area contributed by atoms with E-state index in [2.05, 4.69) is 4.99 Å². The van der Waals surface area contributed by atoms with Gasteiger partial charge < -0.3 is 13.9 Å². The fraction of sp³-hybridized carbons (Fsp3) is 0.154. The Morgan fingerprint density at radius 3 is 2.82 bits per heavy atom. The van der Waals surface area contributed by atoms with Crippen LogP contribution in [0.2, 0.25) is 0 Å². The summed E-state index contributed by atoms with van der Waals surface area (Å²) in [5.74, 6) is 3.10. The molecule has 1 aliphatic rings. The lowest BCUT2D eigenvalue weighted by Crippen LogP contribution is -1.92. The van der Waals surface area contributed by atoms with Crippen LogP contribution in [0.1, 0.15) is 11.5 Å². The third kappa shape index (κ3) is 2.01. The molecule has 1 aromatic carbocycles. The molecule has 2 heterocycles. The van der Waals surface area contributed by atoms with Gasteiger partial charge in [0, 0.05) is 6.07 Å². The number of rotatable bonds is 2. The van der Waals surface area contributed by atoms with E-state index in [0.29, 0.717) is 0 Å². The molecule has 3 rings (SSSR count). The zero-order valence-electron chi connectivity index (χ0n) is 9.34. The van der Waals surface area contributed by atoms with Gasteiger partial charge in [-0.15, -0.1) is 0 Å². The van der Waals surface area contributed by atoms with Crippen LogP contribution in [0.15, 0.2) is 39.7 Å². The SMILES string of the molecule is Cc1ccc(C=Nc2ccc3c(c2)OCO3)o1. The molecular weight excluding hydrogens is 218 g/mol. The molecule has 1 aromatic heterocycles. The van der Waals surface area contributed by atoms with E-state index < -0.39 is 0 Å². The third-order valence-corrected chi connectivity index (χ3v) is 2.46. The summed E-state index contributed by atoms with van der Waals surface area (Å²) in [6.07, 6.45) is 1.69. The summed E-state index contributed by atoms with van der Waals surface area (Å²) in [6, 6.07) is 9.35. The van der Waals surface area contributed by atoms with Gasteiger partial charge in [-0.05, 0) is 31.2 Å². The van der Waals surface area contributed by atoms with Crippen LogP contribution in [0, 0.1) is 6.92 Å². The minimum Gasteiger partial charge on any atom is -0.460 e. The quantitative estimate of drug-likeness (QED) is 0.743. The van der Waals surface area contributed by atoms with Crippen molar-refractivity contribution in [2.45, 2.75) is 6.92 Å². The Hall–Kier alpha value is -2.23. The first-order chi connectivity index (χ1) is 8.31. The van der Waals surface area contributed by atoms with Gasteiger partial charge in [0.25, 0.3) is 0 Å². The zero-order valence-corrected chi connectivity index (χ0v) is 9.34. The van der Waals surface area contributed by atoms with Crippen LogP contribution in [-0.4, -0.2) is 13.0 Å². The maximum Gasteiger partial charge on any atom is 0.231 e. The normalized spacial score (nSPS) is 13.5. The van der Waals surface area contributed by atoms with E-state index in [1.807, 2.05) is 37.3 Å². The molecular formula is C13H11NO3. The molecule has 1 aliphatic heterocycles. The monoisotopic (exact) mass is 229 g/mol. The van der Waals surface area contributed by atoms with Crippen molar-refractivity contribution < 1.29 is 13.9 Å². The van der Waals surface area contributed by atoms with Gasteiger partial charge in [0.15, 0.2) is 11.5 Å². The predicted octanol–water partition coefficient (Wildman–Crippen LogP) is 3.07. The van der Waals surface area contributed by atoms with E-state index in [1.54, 1.807) is 6.21 Å². The number of hydrogen-bond acceptors (Lipinski definition) is 4. The highest BCUT2D eigenvalue weighted by Crippen LogP contribution is 2.35. The van der Waals surface area contributed by atoms with Crippen molar-refractivity contribution in [3.63, 3.8) is 0 Å². The average molecular weight is 229 g/mol. The lowest BCUT2D eigenvalue weighted by Gasteiger charge is -1.96. The molecule has 0 N–H and O–H groups in total. The van der Waals surface area contributed by atoms with E-state index in [-0.39, 0.29) is 6.79 Å². The lowest BCUT2D eigenvalue weighted by molar-refractivity contribution is 0.174. The first kappa shape index (κ1) is 9.96. The number of ether oxygens (including phenoxy) is 2. The molecule has 0 atom stereocenters. The molecule has 0 radical (unpaired) electrons. The fourth-order valence-electron chi connectivity index (χ4n) is 1.63. The maximum atomic E-state index is 5.39. The van der Waals surface area contributed by atoms with Crippen LogP contribution in [0.4, 0.5) is 5.69 Å². The Bertz CT molecular complexity index is 572. The number of fused-ring (bicyclic) bond motifs is 1. The summed E-state index contributed by atoms with van der Waals surface area (Å²) in [5, 5.41) is 0. The number of hydrogen-bond donors (Lipinski definition) is 0. The summed E-state index contributed by atoms with van der Waals surface area (Å²) in [4.78, 5) is 4.31. The molecule has 0 unspecified atom stereocenters. The van der Waals surface area contributed by atoms with E-state index in [0.717, 1.165) is 28.7 Å². The molecule has 0 aliphatic carbocycles. The van der Waals surface area contributed by atoms with Gasteiger partial charge in [-0.2, -0.15) is 0 Å². The number of furan rings is 1. The van der Waals surface area contributed by atoms with Crippen LogP contribution in [0.5, 0.6) is 11.5 Å². The van der Waals surface area contributed by atoms with Crippen molar-refractivity contribution in [1.82, 2.24) is 0 Å². The second-order valence-electron chi connectivity index (χ2n) is 3.74. The van der Waals surface area contributed by atoms with Crippen molar-refractivity contribution >= 4 is 11.9 Å². The number of aliphatic imine (C=N–C) groups is 1. The molecule has 86 valence electrons. The Morgan fingerprint density at radius 2 is 2.00 bits per heavy atom. The van der Waals surface area contributed by atoms with E-state index in [4.69, 9.17) is 13.9 Å². The topological polar surface area (TPSA) is 44.0 Å². The molecule has 0 bridgehead atoms. The molecule has 0 saturated heterocycles. The van der Waals surface area contributed by atoms with Crippen molar-refractivity contribution in [2.24, 2.45) is 4.99 Å². The van der Waals surface area contributed by atoms with Gasteiger partial charge in [-0.3, -0.25) is 4.99 Å². The molecule has 0 amide bonds. The number of nitrogens with zero attached hydrogens (tertiary/aromatic N) is 1. The van der Waals surface area contributed by atoms with Crippen LogP contribution in [-0.2, 0) is 0 Å². The number of benzene rings is 1. The van der Waals surface area contributed by atoms with Gasteiger partial charge in [0.05, 0.1) is 11.9 Å². The van der Waals surface area contributed by atoms with E-state index >= 15 is 0 Å². The molecule has 0 saturated carbocycles. The van der Waals surface area contributed by atoms with Gasteiger partial charge in [-0.25, -0.2) is 0 Å². The van der Waals surface area contributed by atoms with Gasteiger partial charge in [-0.1, -0.05) is 0 Å². The highest BCUT2D eigenvalue weighted by Gasteiger charge is 2.12. The van der Waals surface area contributed by atoms with Crippen molar-refractivity contribution in [3.8, 4) is 11.5 Å². The smallest absolute Gasteiger partial charge is 0.231 e. The first-order valence-electron chi connectivity index (χ1n) is 5.31. The summed E-state index contributed by atoms with van der Waals surface area (Å²) in [7, 11) is 0. The Balaban J connectivity index is 1.83. The molecule has 4 heteroatoms. The molecule has 2 aromatic rings. The third-order valence-electron chi connectivity index (χ3n) is 2.46.